The highest BCUT2D eigenvalue weighted by atomic mass is 31.1. The maximum Gasteiger partial charge on any atom is 0.0719 e. The van der Waals surface area contributed by atoms with E-state index in [2.05, 4.69) is 103 Å². The Morgan fingerprint density at radius 1 is 0.769 bits per heavy atom. The van der Waals surface area contributed by atoms with Crippen LogP contribution in [0.15, 0.2) is 91.0 Å². The lowest BCUT2D eigenvalue weighted by Crippen LogP contribution is -2.23. The molecule has 2 unspecified atom stereocenters. The van der Waals surface area contributed by atoms with Gasteiger partial charge in [-0.05, 0) is 35.8 Å². The number of benzene rings is 3. The molecule has 126 valence electrons. The van der Waals surface area contributed by atoms with Gasteiger partial charge in [0, 0.05) is 5.92 Å². The molecule has 0 heterocycles. The monoisotopic (exact) mass is 353 g/mol. The van der Waals surface area contributed by atoms with Crippen molar-refractivity contribution in [2.24, 2.45) is 5.92 Å². The minimum atomic E-state index is -0.516. The molecule has 2 heteroatoms. The van der Waals surface area contributed by atoms with Crippen molar-refractivity contribution >= 4 is 24.6 Å². The summed E-state index contributed by atoms with van der Waals surface area (Å²) in [6.07, 6.45) is 5.17. The Hall–Kier alpha value is -2.68. The van der Waals surface area contributed by atoms with Gasteiger partial charge in [-0.3, -0.25) is 0 Å². The summed E-state index contributed by atoms with van der Waals surface area (Å²) in [5.74, 6) is 0.162. The molecule has 0 saturated heterocycles. The SMILES string of the molecule is N#CC1C=Cc2ccccc2C1CP(c1ccccc1)c1ccccc1. The third-order valence-electron chi connectivity index (χ3n) is 4.98. The van der Waals surface area contributed by atoms with Crippen LogP contribution in [0.3, 0.4) is 0 Å². The Morgan fingerprint density at radius 3 is 1.96 bits per heavy atom. The summed E-state index contributed by atoms with van der Waals surface area (Å²) < 4.78 is 0. The summed E-state index contributed by atoms with van der Waals surface area (Å²) in [6, 6.07) is 32.5. The lowest BCUT2D eigenvalue weighted by Gasteiger charge is -2.30. The lowest BCUT2D eigenvalue weighted by atomic mass is 9.81. The van der Waals surface area contributed by atoms with E-state index in [1.54, 1.807) is 0 Å². The molecule has 4 rings (SSSR count). The van der Waals surface area contributed by atoms with E-state index in [1.165, 1.54) is 21.7 Å². The van der Waals surface area contributed by atoms with Crippen LogP contribution in [0, 0.1) is 17.2 Å². The second-order valence-corrected chi connectivity index (χ2v) is 8.79. The summed E-state index contributed by atoms with van der Waals surface area (Å²) in [5, 5.41) is 12.5. The van der Waals surface area contributed by atoms with Crippen molar-refractivity contribution in [3.63, 3.8) is 0 Å². The standard InChI is InChI=1S/C24H20NP/c25-17-20-16-15-19-9-7-8-14-23(19)24(20)18-26(21-10-3-1-4-11-21)22-12-5-2-6-13-22/h1-16,20,24H,18H2. The number of nitriles is 1. The van der Waals surface area contributed by atoms with Crippen LogP contribution in [0.4, 0.5) is 0 Å². The Morgan fingerprint density at radius 2 is 1.35 bits per heavy atom. The largest absolute Gasteiger partial charge is 0.198 e. The predicted octanol–water partition coefficient (Wildman–Crippen LogP) is 5.07. The van der Waals surface area contributed by atoms with E-state index in [-0.39, 0.29) is 11.8 Å². The van der Waals surface area contributed by atoms with Gasteiger partial charge in [0.25, 0.3) is 0 Å². The van der Waals surface area contributed by atoms with Gasteiger partial charge in [0.05, 0.1) is 12.0 Å². The van der Waals surface area contributed by atoms with Gasteiger partial charge < -0.3 is 0 Å². The second kappa shape index (κ2) is 7.69. The number of nitrogens with zero attached hydrogens (tertiary/aromatic N) is 1. The van der Waals surface area contributed by atoms with E-state index >= 15 is 0 Å². The fraction of sp³-hybridized carbons (Fsp3) is 0.125. The van der Waals surface area contributed by atoms with Crippen LogP contribution in [0.5, 0.6) is 0 Å². The minimum absolute atomic E-state index is 0.0673. The maximum absolute atomic E-state index is 9.75. The van der Waals surface area contributed by atoms with Gasteiger partial charge >= 0.3 is 0 Å². The first kappa shape index (κ1) is 16.8. The molecular weight excluding hydrogens is 333 g/mol. The number of fused-ring (bicyclic) bond motifs is 1. The molecule has 0 N–H and O–H groups in total. The number of allylic oxidation sites excluding steroid dienone is 1. The van der Waals surface area contributed by atoms with E-state index in [0.29, 0.717) is 0 Å². The molecule has 0 fully saturated rings. The normalized spacial score (nSPS) is 18.3. The van der Waals surface area contributed by atoms with E-state index in [9.17, 15) is 5.26 Å². The summed E-state index contributed by atoms with van der Waals surface area (Å²) in [4.78, 5) is 0. The summed E-state index contributed by atoms with van der Waals surface area (Å²) in [5.41, 5.74) is 2.56. The molecule has 0 radical (unpaired) electrons. The molecule has 0 aromatic heterocycles. The van der Waals surface area contributed by atoms with E-state index in [4.69, 9.17) is 0 Å². The third-order valence-corrected chi connectivity index (χ3v) is 7.58. The quantitative estimate of drug-likeness (QED) is 0.601. The predicted molar refractivity (Wildman–Crippen MR) is 111 cm³/mol. The smallest absolute Gasteiger partial charge is 0.0719 e. The van der Waals surface area contributed by atoms with Crippen molar-refractivity contribution in [2.45, 2.75) is 5.92 Å². The first-order valence-electron chi connectivity index (χ1n) is 8.91. The van der Waals surface area contributed by atoms with Gasteiger partial charge in [-0.15, -0.1) is 0 Å². The molecular formula is C24H20NP. The second-order valence-electron chi connectivity index (χ2n) is 6.53. The summed E-state index contributed by atoms with van der Waals surface area (Å²) in [7, 11) is -0.516. The fourth-order valence-corrected chi connectivity index (χ4v) is 6.25. The molecule has 0 bridgehead atoms. The third kappa shape index (κ3) is 3.34. The van der Waals surface area contributed by atoms with Crippen LogP contribution in [0.1, 0.15) is 17.0 Å². The Bertz CT molecular complexity index is 901. The molecule has 1 nitrogen and oxygen atoms in total. The molecule has 3 aromatic rings. The van der Waals surface area contributed by atoms with Crippen molar-refractivity contribution in [1.29, 1.82) is 5.26 Å². The molecule has 26 heavy (non-hydrogen) atoms. The number of rotatable bonds is 4. The average molecular weight is 353 g/mol. The lowest BCUT2D eigenvalue weighted by molar-refractivity contribution is 0.659. The zero-order chi connectivity index (χ0) is 17.8. The molecule has 0 aliphatic heterocycles. The van der Waals surface area contributed by atoms with Crippen molar-refractivity contribution in [3.05, 3.63) is 102 Å². The van der Waals surface area contributed by atoms with Gasteiger partial charge in [-0.2, -0.15) is 5.26 Å². The summed E-state index contributed by atoms with van der Waals surface area (Å²) >= 11 is 0. The van der Waals surface area contributed by atoms with Crippen molar-refractivity contribution in [1.82, 2.24) is 0 Å². The molecule has 0 amide bonds. The molecule has 1 aliphatic rings. The van der Waals surface area contributed by atoms with Crippen LogP contribution >= 0.6 is 7.92 Å². The molecule has 2 atom stereocenters. The highest BCUT2D eigenvalue weighted by Crippen LogP contribution is 2.44. The van der Waals surface area contributed by atoms with E-state index in [0.717, 1.165) is 6.16 Å². The van der Waals surface area contributed by atoms with Crippen LogP contribution in [0.2, 0.25) is 0 Å². The van der Waals surface area contributed by atoms with Crippen LogP contribution in [-0.2, 0) is 0 Å². The first-order chi connectivity index (χ1) is 12.9. The number of hydrogen-bond acceptors (Lipinski definition) is 1. The fourth-order valence-electron chi connectivity index (χ4n) is 3.65. The summed E-state index contributed by atoms with van der Waals surface area (Å²) in [6.45, 7) is 0. The maximum atomic E-state index is 9.75. The molecule has 1 aliphatic carbocycles. The van der Waals surface area contributed by atoms with Crippen LogP contribution < -0.4 is 10.6 Å². The Labute approximate surface area is 156 Å². The van der Waals surface area contributed by atoms with Gasteiger partial charge in [0.1, 0.15) is 0 Å². The highest BCUT2D eigenvalue weighted by molar-refractivity contribution is 7.73. The van der Waals surface area contributed by atoms with Gasteiger partial charge in [0.15, 0.2) is 0 Å². The molecule has 0 spiro atoms. The van der Waals surface area contributed by atoms with Gasteiger partial charge in [0.2, 0.25) is 0 Å². The van der Waals surface area contributed by atoms with Crippen LogP contribution in [0.25, 0.3) is 6.08 Å². The van der Waals surface area contributed by atoms with Gasteiger partial charge in [-0.1, -0.05) is 97.1 Å². The molecule has 3 aromatic carbocycles. The van der Waals surface area contributed by atoms with Gasteiger partial charge in [-0.25, -0.2) is 0 Å². The van der Waals surface area contributed by atoms with Crippen molar-refractivity contribution in [3.8, 4) is 6.07 Å². The average Bonchev–Trinajstić information content (AvgIpc) is 2.73. The van der Waals surface area contributed by atoms with E-state index in [1.807, 2.05) is 0 Å². The Kier molecular flexibility index (Phi) is 4.96. The number of hydrogen-bond donors (Lipinski definition) is 0. The topological polar surface area (TPSA) is 23.8 Å². The molecule has 0 saturated carbocycles. The zero-order valence-corrected chi connectivity index (χ0v) is 15.4. The van der Waals surface area contributed by atoms with Crippen LogP contribution in [-0.4, -0.2) is 6.16 Å². The van der Waals surface area contributed by atoms with Crippen molar-refractivity contribution < 1.29 is 0 Å². The highest BCUT2D eigenvalue weighted by Gasteiger charge is 2.29. The first-order valence-corrected chi connectivity index (χ1v) is 10.4. The minimum Gasteiger partial charge on any atom is -0.198 e. The van der Waals surface area contributed by atoms with E-state index < -0.39 is 7.92 Å². The zero-order valence-electron chi connectivity index (χ0n) is 14.5. The van der Waals surface area contributed by atoms with Crippen molar-refractivity contribution in [2.75, 3.05) is 6.16 Å². The Balaban J connectivity index is 1.76.